The Bertz CT molecular complexity index is 1110. The predicted molar refractivity (Wildman–Crippen MR) is 127 cm³/mol. The van der Waals surface area contributed by atoms with Crippen LogP contribution in [0.25, 0.3) is 0 Å². The van der Waals surface area contributed by atoms with Crippen molar-refractivity contribution in [2.24, 2.45) is 0 Å². The van der Waals surface area contributed by atoms with E-state index in [2.05, 4.69) is 11.4 Å². The van der Waals surface area contributed by atoms with Crippen LogP contribution in [-0.4, -0.2) is 44.9 Å². The zero-order chi connectivity index (χ0) is 23.4. The minimum atomic E-state index is -3.63. The molecule has 0 unspecified atom stereocenters. The van der Waals surface area contributed by atoms with Gasteiger partial charge in [0.05, 0.1) is 17.7 Å². The monoisotopic (exact) mass is 472 g/mol. The van der Waals surface area contributed by atoms with E-state index in [1.54, 1.807) is 13.0 Å². The fourth-order valence-corrected chi connectivity index (χ4v) is 6.02. The van der Waals surface area contributed by atoms with Crippen molar-refractivity contribution < 1.29 is 22.7 Å². The molecule has 33 heavy (non-hydrogen) atoms. The Labute approximate surface area is 196 Å². The lowest BCUT2D eigenvalue weighted by molar-refractivity contribution is -0.122. The van der Waals surface area contributed by atoms with E-state index in [1.165, 1.54) is 47.5 Å². The first-order chi connectivity index (χ1) is 15.9. The molecular formula is C25H32N2O5S. The van der Waals surface area contributed by atoms with Crippen LogP contribution in [0.1, 0.15) is 50.2 Å². The maximum absolute atomic E-state index is 13.1. The van der Waals surface area contributed by atoms with E-state index in [9.17, 15) is 13.2 Å². The third kappa shape index (κ3) is 5.33. The smallest absolute Gasteiger partial charge is 0.265 e. The van der Waals surface area contributed by atoms with Crippen LogP contribution in [0.2, 0.25) is 0 Å². The van der Waals surface area contributed by atoms with E-state index in [4.69, 9.17) is 9.47 Å². The molecule has 1 atom stereocenters. The van der Waals surface area contributed by atoms with Crippen molar-refractivity contribution >= 4 is 21.6 Å². The molecule has 0 aromatic heterocycles. The van der Waals surface area contributed by atoms with E-state index < -0.39 is 16.1 Å². The molecule has 1 N–H and O–H groups in total. The summed E-state index contributed by atoms with van der Waals surface area (Å²) >= 11 is 0. The number of hydrogen-bond acceptors (Lipinski definition) is 5. The molecule has 4 rings (SSSR count). The zero-order valence-corrected chi connectivity index (χ0v) is 20.1. The van der Waals surface area contributed by atoms with Crippen LogP contribution in [0.15, 0.2) is 41.3 Å². The Morgan fingerprint density at radius 1 is 0.970 bits per heavy atom. The molecule has 1 saturated heterocycles. The van der Waals surface area contributed by atoms with E-state index in [-0.39, 0.29) is 10.8 Å². The Kier molecular flexibility index (Phi) is 7.24. The predicted octanol–water partition coefficient (Wildman–Crippen LogP) is 4.15. The van der Waals surface area contributed by atoms with Gasteiger partial charge in [-0.15, -0.1) is 0 Å². The van der Waals surface area contributed by atoms with Gasteiger partial charge in [0.2, 0.25) is 10.0 Å². The van der Waals surface area contributed by atoms with Gasteiger partial charge in [0.25, 0.3) is 5.91 Å². The van der Waals surface area contributed by atoms with E-state index in [0.717, 1.165) is 32.1 Å². The van der Waals surface area contributed by atoms with Crippen LogP contribution >= 0.6 is 0 Å². The van der Waals surface area contributed by atoms with Gasteiger partial charge >= 0.3 is 0 Å². The van der Waals surface area contributed by atoms with Crippen molar-refractivity contribution in [1.29, 1.82) is 0 Å². The minimum absolute atomic E-state index is 0.142. The van der Waals surface area contributed by atoms with Crippen molar-refractivity contribution in [2.75, 3.05) is 25.5 Å². The lowest BCUT2D eigenvalue weighted by Gasteiger charge is -2.26. The number of aryl methyl sites for hydroxylation is 2. The number of methoxy groups -OCH3 is 1. The minimum Gasteiger partial charge on any atom is -0.495 e. The zero-order valence-electron chi connectivity index (χ0n) is 19.3. The molecule has 2 aliphatic rings. The molecule has 1 amide bonds. The summed E-state index contributed by atoms with van der Waals surface area (Å²) in [4.78, 5) is 13.0. The molecule has 0 spiro atoms. The number of nitrogens with zero attached hydrogens (tertiary/aromatic N) is 1. The molecule has 1 aliphatic carbocycles. The molecule has 0 radical (unpaired) electrons. The van der Waals surface area contributed by atoms with Crippen LogP contribution in [-0.2, 0) is 27.7 Å². The first-order valence-corrected chi connectivity index (χ1v) is 13.1. The molecule has 8 heteroatoms. The molecule has 7 nitrogen and oxygen atoms in total. The third-order valence-corrected chi connectivity index (χ3v) is 8.28. The number of rotatable bonds is 7. The third-order valence-electron chi connectivity index (χ3n) is 6.38. The first-order valence-electron chi connectivity index (χ1n) is 11.7. The summed E-state index contributed by atoms with van der Waals surface area (Å²) in [5.74, 6) is 0.673. The highest BCUT2D eigenvalue weighted by atomic mass is 32.2. The van der Waals surface area contributed by atoms with Gasteiger partial charge < -0.3 is 14.8 Å². The molecule has 1 fully saturated rings. The molecule has 1 heterocycles. The number of anilines is 1. The number of sulfonamides is 1. The number of amides is 1. The quantitative estimate of drug-likeness (QED) is 0.654. The summed E-state index contributed by atoms with van der Waals surface area (Å²) in [6.07, 6.45) is 6.48. The van der Waals surface area contributed by atoms with Gasteiger partial charge in [-0.1, -0.05) is 12.5 Å². The molecule has 1 aliphatic heterocycles. The van der Waals surface area contributed by atoms with E-state index in [1.807, 2.05) is 12.1 Å². The number of fused-ring (bicyclic) bond motifs is 1. The van der Waals surface area contributed by atoms with Crippen molar-refractivity contribution in [1.82, 2.24) is 4.31 Å². The molecule has 0 saturated carbocycles. The van der Waals surface area contributed by atoms with Gasteiger partial charge in [0.1, 0.15) is 11.5 Å². The second-order valence-electron chi connectivity index (χ2n) is 8.71. The topological polar surface area (TPSA) is 84.9 Å². The fourth-order valence-electron chi connectivity index (χ4n) is 4.47. The summed E-state index contributed by atoms with van der Waals surface area (Å²) < 4.78 is 38.9. The highest BCUT2D eigenvalue weighted by molar-refractivity contribution is 7.89. The number of benzene rings is 2. The van der Waals surface area contributed by atoms with E-state index >= 15 is 0 Å². The Morgan fingerprint density at radius 2 is 1.70 bits per heavy atom. The van der Waals surface area contributed by atoms with E-state index in [0.29, 0.717) is 30.3 Å². The number of nitrogens with one attached hydrogen (secondary N) is 1. The van der Waals surface area contributed by atoms with Crippen LogP contribution < -0.4 is 14.8 Å². The standard InChI is InChI=1S/C25H32N2O5S/c1-18(32-21-11-10-19-8-4-5-9-20(19)16-21)25(28)26-23-17-22(12-13-24(23)31-2)33(29,30)27-14-6-3-7-15-27/h10-13,16-18H,3-9,14-15H2,1-2H3,(H,26,28)/t18-/m0/s1. The van der Waals surface area contributed by atoms with Crippen molar-refractivity contribution in [2.45, 2.75) is 62.9 Å². The van der Waals surface area contributed by atoms with Crippen LogP contribution in [0.5, 0.6) is 11.5 Å². The van der Waals surface area contributed by atoms with Gasteiger partial charge in [0, 0.05) is 13.1 Å². The second-order valence-corrected chi connectivity index (χ2v) is 10.7. The highest BCUT2D eigenvalue weighted by Crippen LogP contribution is 2.31. The SMILES string of the molecule is COc1ccc(S(=O)(=O)N2CCCCC2)cc1NC(=O)[C@H](C)Oc1ccc2c(c1)CCCC2. The first kappa shape index (κ1) is 23.6. The second kappa shape index (κ2) is 10.1. The molecule has 178 valence electrons. The van der Waals surface area contributed by atoms with Crippen LogP contribution in [0.3, 0.4) is 0 Å². The van der Waals surface area contributed by atoms with Crippen LogP contribution in [0.4, 0.5) is 5.69 Å². The van der Waals surface area contributed by atoms with Gasteiger partial charge in [-0.05, 0) is 86.9 Å². The van der Waals surface area contributed by atoms with Crippen LogP contribution in [0, 0.1) is 0 Å². The summed E-state index contributed by atoms with van der Waals surface area (Å²) in [5, 5.41) is 2.79. The number of hydrogen-bond donors (Lipinski definition) is 1. The number of carbonyl (C=O) groups is 1. The largest absolute Gasteiger partial charge is 0.495 e. The highest BCUT2D eigenvalue weighted by Gasteiger charge is 2.27. The van der Waals surface area contributed by atoms with Gasteiger partial charge in [-0.2, -0.15) is 4.31 Å². The Morgan fingerprint density at radius 3 is 2.42 bits per heavy atom. The fraction of sp³-hybridized carbons (Fsp3) is 0.480. The lowest BCUT2D eigenvalue weighted by Crippen LogP contribution is -2.35. The van der Waals surface area contributed by atoms with Crippen molar-refractivity contribution in [3.8, 4) is 11.5 Å². The maximum atomic E-state index is 13.1. The number of piperidine rings is 1. The Balaban J connectivity index is 1.49. The molecule has 2 aromatic rings. The summed E-state index contributed by atoms with van der Waals surface area (Å²) in [6, 6.07) is 10.6. The summed E-state index contributed by atoms with van der Waals surface area (Å²) in [6.45, 7) is 2.71. The maximum Gasteiger partial charge on any atom is 0.265 e. The lowest BCUT2D eigenvalue weighted by atomic mass is 9.92. The Hall–Kier alpha value is -2.58. The van der Waals surface area contributed by atoms with Gasteiger partial charge in [-0.25, -0.2) is 8.42 Å². The molecular weight excluding hydrogens is 440 g/mol. The average Bonchev–Trinajstić information content (AvgIpc) is 2.84. The van der Waals surface area contributed by atoms with Crippen molar-refractivity contribution in [3.05, 3.63) is 47.5 Å². The average molecular weight is 473 g/mol. The summed E-state index contributed by atoms with van der Waals surface area (Å²) in [5.41, 5.74) is 2.94. The number of carbonyl (C=O) groups excluding carboxylic acids is 1. The molecule has 0 bridgehead atoms. The van der Waals surface area contributed by atoms with Gasteiger partial charge in [0.15, 0.2) is 6.10 Å². The normalized spacial score (nSPS) is 17.6. The molecule has 2 aromatic carbocycles. The number of ether oxygens (including phenoxy) is 2. The van der Waals surface area contributed by atoms with Crippen molar-refractivity contribution in [3.63, 3.8) is 0 Å². The van der Waals surface area contributed by atoms with Gasteiger partial charge in [-0.3, -0.25) is 4.79 Å². The summed E-state index contributed by atoms with van der Waals surface area (Å²) in [7, 11) is -2.14.